The van der Waals surface area contributed by atoms with Crippen LogP contribution in [0.2, 0.25) is 0 Å². The standard InChI is InChI=1S/C12H17IN2/c1-3-9(2)8-12(15-14)10-6-4-5-7-11(10)13/h4-7,12,15H,2-3,8,14H2,1H3. The second-order valence-electron chi connectivity index (χ2n) is 3.55. The van der Waals surface area contributed by atoms with Gasteiger partial charge in [0.1, 0.15) is 0 Å². The molecule has 0 saturated carbocycles. The minimum absolute atomic E-state index is 0.172. The van der Waals surface area contributed by atoms with Gasteiger partial charge in [-0.2, -0.15) is 0 Å². The van der Waals surface area contributed by atoms with Gasteiger partial charge in [0.2, 0.25) is 0 Å². The van der Waals surface area contributed by atoms with E-state index >= 15 is 0 Å². The second kappa shape index (κ2) is 6.25. The van der Waals surface area contributed by atoms with Crippen molar-refractivity contribution in [2.24, 2.45) is 5.84 Å². The fourth-order valence-corrected chi connectivity index (χ4v) is 2.21. The Morgan fingerprint density at radius 1 is 1.53 bits per heavy atom. The van der Waals surface area contributed by atoms with Crippen molar-refractivity contribution >= 4 is 22.6 Å². The Hall–Kier alpha value is -0.390. The molecule has 0 radical (unpaired) electrons. The van der Waals surface area contributed by atoms with Crippen molar-refractivity contribution in [3.63, 3.8) is 0 Å². The summed E-state index contributed by atoms with van der Waals surface area (Å²) in [6, 6.07) is 8.44. The normalized spacial score (nSPS) is 12.5. The van der Waals surface area contributed by atoms with Crippen LogP contribution in [0.5, 0.6) is 0 Å². The predicted octanol–water partition coefficient (Wildman–Crippen LogP) is 3.15. The molecule has 0 spiro atoms. The molecule has 0 aliphatic carbocycles. The smallest absolute Gasteiger partial charge is 0.0507 e. The minimum Gasteiger partial charge on any atom is -0.271 e. The third kappa shape index (κ3) is 3.59. The van der Waals surface area contributed by atoms with Crippen LogP contribution < -0.4 is 11.3 Å². The molecule has 1 unspecified atom stereocenters. The number of hydrogen-bond acceptors (Lipinski definition) is 2. The van der Waals surface area contributed by atoms with Gasteiger partial charge in [-0.25, -0.2) is 0 Å². The zero-order chi connectivity index (χ0) is 11.3. The van der Waals surface area contributed by atoms with Gasteiger partial charge >= 0.3 is 0 Å². The van der Waals surface area contributed by atoms with Crippen LogP contribution in [0.25, 0.3) is 0 Å². The number of nitrogens with one attached hydrogen (secondary N) is 1. The summed E-state index contributed by atoms with van der Waals surface area (Å²) in [4.78, 5) is 0. The molecular weight excluding hydrogens is 299 g/mol. The van der Waals surface area contributed by atoms with E-state index in [1.54, 1.807) is 0 Å². The lowest BCUT2D eigenvalue weighted by molar-refractivity contribution is 0.543. The predicted molar refractivity (Wildman–Crippen MR) is 73.3 cm³/mol. The highest BCUT2D eigenvalue weighted by Crippen LogP contribution is 2.25. The topological polar surface area (TPSA) is 38.0 Å². The summed E-state index contributed by atoms with van der Waals surface area (Å²) in [5, 5.41) is 0. The highest BCUT2D eigenvalue weighted by molar-refractivity contribution is 14.1. The van der Waals surface area contributed by atoms with E-state index < -0.39 is 0 Å². The van der Waals surface area contributed by atoms with Crippen LogP contribution in [-0.4, -0.2) is 0 Å². The van der Waals surface area contributed by atoms with Gasteiger partial charge in [-0.15, -0.1) is 0 Å². The fourth-order valence-electron chi connectivity index (χ4n) is 1.45. The molecule has 0 aliphatic rings. The fraction of sp³-hybridized carbons (Fsp3) is 0.333. The highest BCUT2D eigenvalue weighted by Gasteiger charge is 2.12. The van der Waals surface area contributed by atoms with Crippen molar-refractivity contribution in [2.75, 3.05) is 0 Å². The van der Waals surface area contributed by atoms with Gasteiger partial charge in [0.25, 0.3) is 0 Å². The van der Waals surface area contributed by atoms with E-state index in [9.17, 15) is 0 Å². The molecule has 1 aromatic rings. The molecule has 1 rings (SSSR count). The van der Waals surface area contributed by atoms with E-state index in [4.69, 9.17) is 5.84 Å². The molecule has 0 amide bonds. The molecule has 0 heterocycles. The lowest BCUT2D eigenvalue weighted by Crippen LogP contribution is -2.28. The van der Waals surface area contributed by atoms with Gasteiger partial charge < -0.3 is 0 Å². The van der Waals surface area contributed by atoms with Crippen LogP contribution in [-0.2, 0) is 0 Å². The number of halogens is 1. The third-order valence-corrected chi connectivity index (χ3v) is 3.46. The quantitative estimate of drug-likeness (QED) is 0.379. The maximum Gasteiger partial charge on any atom is 0.0507 e. The molecule has 0 bridgehead atoms. The Morgan fingerprint density at radius 3 is 2.73 bits per heavy atom. The zero-order valence-corrected chi connectivity index (χ0v) is 11.1. The van der Waals surface area contributed by atoms with E-state index in [0.717, 1.165) is 12.8 Å². The SMILES string of the molecule is C=C(CC)CC(NN)c1ccccc1I. The summed E-state index contributed by atoms with van der Waals surface area (Å²) in [6.07, 6.45) is 1.90. The second-order valence-corrected chi connectivity index (χ2v) is 4.71. The average molecular weight is 316 g/mol. The molecule has 1 atom stereocenters. The van der Waals surface area contributed by atoms with Crippen molar-refractivity contribution in [1.82, 2.24) is 5.43 Å². The molecule has 2 nitrogen and oxygen atoms in total. The minimum atomic E-state index is 0.172. The number of nitrogens with two attached hydrogens (primary N) is 1. The first kappa shape index (κ1) is 12.7. The number of hydrogen-bond donors (Lipinski definition) is 2. The Balaban J connectivity index is 2.83. The Kier molecular flexibility index (Phi) is 5.28. The Labute approximate surface area is 105 Å². The summed E-state index contributed by atoms with van der Waals surface area (Å²) in [7, 11) is 0. The molecule has 82 valence electrons. The Morgan fingerprint density at radius 2 is 2.20 bits per heavy atom. The largest absolute Gasteiger partial charge is 0.271 e. The average Bonchev–Trinajstić information content (AvgIpc) is 2.26. The van der Waals surface area contributed by atoms with Crippen LogP contribution in [0.1, 0.15) is 31.4 Å². The number of benzene rings is 1. The lowest BCUT2D eigenvalue weighted by Gasteiger charge is -2.18. The van der Waals surface area contributed by atoms with Crippen LogP contribution in [0.15, 0.2) is 36.4 Å². The summed E-state index contributed by atoms with van der Waals surface area (Å²) in [5.74, 6) is 5.58. The highest BCUT2D eigenvalue weighted by atomic mass is 127. The van der Waals surface area contributed by atoms with E-state index in [2.05, 4.69) is 53.7 Å². The summed E-state index contributed by atoms with van der Waals surface area (Å²) in [5.41, 5.74) is 5.32. The van der Waals surface area contributed by atoms with Gasteiger partial charge in [0.15, 0.2) is 0 Å². The van der Waals surface area contributed by atoms with E-state index in [1.807, 2.05) is 12.1 Å². The van der Waals surface area contributed by atoms with Gasteiger partial charge in [-0.1, -0.05) is 37.3 Å². The first-order chi connectivity index (χ1) is 7.19. The van der Waals surface area contributed by atoms with Crippen molar-refractivity contribution in [3.8, 4) is 0 Å². The first-order valence-electron chi connectivity index (χ1n) is 5.06. The molecule has 0 saturated heterocycles. The van der Waals surface area contributed by atoms with Crippen molar-refractivity contribution < 1.29 is 0 Å². The molecule has 3 N–H and O–H groups in total. The van der Waals surface area contributed by atoms with Gasteiger partial charge in [0.05, 0.1) is 6.04 Å². The van der Waals surface area contributed by atoms with E-state index in [0.29, 0.717) is 0 Å². The van der Waals surface area contributed by atoms with E-state index in [-0.39, 0.29) is 6.04 Å². The van der Waals surface area contributed by atoms with Crippen LogP contribution in [0.3, 0.4) is 0 Å². The summed E-state index contributed by atoms with van der Waals surface area (Å²) >= 11 is 2.33. The summed E-state index contributed by atoms with van der Waals surface area (Å²) in [6.45, 7) is 6.14. The maximum atomic E-state index is 5.58. The monoisotopic (exact) mass is 316 g/mol. The molecular formula is C12H17IN2. The maximum absolute atomic E-state index is 5.58. The molecule has 15 heavy (non-hydrogen) atoms. The van der Waals surface area contributed by atoms with Gasteiger partial charge in [-0.05, 0) is 47.1 Å². The molecule has 0 fully saturated rings. The van der Waals surface area contributed by atoms with Gasteiger partial charge in [-0.3, -0.25) is 11.3 Å². The molecule has 0 aliphatic heterocycles. The molecule has 3 heteroatoms. The first-order valence-corrected chi connectivity index (χ1v) is 6.14. The molecule has 0 aromatic heterocycles. The van der Waals surface area contributed by atoms with Gasteiger partial charge in [0, 0.05) is 3.57 Å². The van der Waals surface area contributed by atoms with E-state index in [1.165, 1.54) is 14.7 Å². The van der Waals surface area contributed by atoms with Crippen molar-refractivity contribution in [2.45, 2.75) is 25.8 Å². The zero-order valence-electron chi connectivity index (χ0n) is 8.96. The molecule has 1 aromatic carbocycles. The Bertz CT molecular complexity index is 336. The summed E-state index contributed by atoms with van der Waals surface area (Å²) < 4.78 is 1.24. The van der Waals surface area contributed by atoms with Crippen molar-refractivity contribution in [3.05, 3.63) is 45.6 Å². The van der Waals surface area contributed by atoms with Crippen LogP contribution >= 0.6 is 22.6 Å². The third-order valence-electron chi connectivity index (χ3n) is 2.47. The van der Waals surface area contributed by atoms with Crippen LogP contribution in [0, 0.1) is 3.57 Å². The van der Waals surface area contributed by atoms with Crippen LogP contribution in [0.4, 0.5) is 0 Å². The number of rotatable bonds is 5. The number of hydrazine groups is 1. The lowest BCUT2D eigenvalue weighted by atomic mass is 9.99. The van der Waals surface area contributed by atoms with Crippen molar-refractivity contribution in [1.29, 1.82) is 0 Å².